The summed E-state index contributed by atoms with van der Waals surface area (Å²) in [4.78, 5) is 1.51. The Morgan fingerprint density at radius 2 is 2.11 bits per heavy atom. The molecule has 2 heteroatoms. The third kappa shape index (κ3) is 3.52. The van der Waals surface area contributed by atoms with Gasteiger partial charge in [0.05, 0.1) is 0 Å². The maximum atomic E-state index is 3.62. The summed E-state index contributed by atoms with van der Waals surface area (Å²) in [6.45, 7) is 5.59. The second-order valence-electron chi connectivity index (χ2n) is 5.17. The van der Waals surface area contributed by atoms with Crippen molar-refractivity contribution in [1.82, 2.24) is 5.32 Å². The van der Waals surface area contributed by atoms with E-state index in [4.69, 9.17) is 0 Å². The third-order valence-electron chi connectivity index (χ3n) is 3.79. The number of fused-ring (bicyclic) bond motifs is 1. The van der Waals surface area contributed by atoms with Crippen LogP contribution in [0.2, 0.25) is 0 Å². The Labute approximate surface area is 116 Å². The first-order valence-corrected chi connectivity index (χ1v) is 8.28. The topological polar surface area (TPSA) is 12.0 Å². The van der Waals surface area contributed by atoms with Gasteiger partial charge in [-0.3, -0.25) is 0 Å². The van der Waals surface area contributed by atoms with Gasteiger partial charge in [0.25, 0.3) is 0 Å². The fraction of sp³-hybridized carbons (Fsp3) is 0.625. The fourth-order valence-electron chi connectivity index (χ4n) is 2.86. The quantitative estimate of drug-likeness (QED) is 0.781. The summed E-state index contributed by atoms with van der Waals surface area (Å²) in [5.41, 5.74) is 1.59. The molecule has 0 radical (unpaired) electrons. The predicted molar refractivity (Wildman–Crippen MR) is 81.5 cm³/mol. The van der Waals surface area contributed by atoms with Crippen LogP contribution in [0.3, 0.4) is 0 Å². The van der Waals surface area contributed by atoms with Gasteiger partial charge in [-0.25, -0.2) is 0 Å². The van der Waals surface area contributed by atoms with Crippen molar-refractivity contribution in [3.8, 4) is 0 Å². The van der Waals surface area contributed by atoms with E-state index in [9.17, 15) is 0 Å². The molecular weight excluding hydrogens is 238 g/mol. The summed E-state index contributed by atoms with van der Waals surface area (Å²) >= 11 is 2.03. The van der Waals surface area contributed by atoms with Crippen molar-refractivity contribution in [2.24, 2.45) is 0 Å². The molecule has 0 saturated carbocycles. The number of nitrogens with one attached hydrogen (secondary N) is 1. The lowest BCUT2D eigenvalue weighted by Crippen LogP contribution is -2.29. The molecule has 2 unspecified atom stereocenters. The first-order valence-electron chi connectivity index (χ1n) is 7.30. The molecule has 1 aromatic carbocycles. The smallest absolute Gasteiger partial charge is 0.0107 e. The van der Waals surface area contributed by atoms with Crippen molar-refractivity contribution in [2.45, 2.75) is 56.4 Å². The van der Waals surface area contributed by atoms with Crippen molar-refractivity contribution in [3.63, 3.8) is 0 Å². The molecule has 1 aromatic rings. The van der Waals surface area contributed by atoms with E-state index in [1.807, 2.05) is 11.8 Å². The second-order valence-corrected chi connectivity index (χ2v) is 6.23. The molecule has 1 nitrogen and oxygen atoms in total. The highest BCUT2D eigenvalue weighted by atomic mass is 32.2. The van der Waals surface area contributed by atoms with Gasteiger partial charge in [0.15, 0.2) is 0 Å². The van der Waals surface area contributed by atoms with Gasteiger partial charge in [0.2, 0.25) is 0 Å². The van der Waals surface area contributed by atoms with Crippen molar-refractivity contribution in [2.75, 3.05) is 12.3 Å². The van der Waals surface area contributed by atoms with Gasteiger partial charge < -0.3 is 5.32 Å². The molecule has 2 atom stereocenters. The highest BCUT2D eigenvalue weighted by Crippen LogP contribution is 2.41. The summed E-state index contributed by atoms with van der Waals surface area (Å²) in [6, 6.07) is 9.66. The molecule has 0 aliphatic carbocycles. The molecule has 1 heterocycles. The van der Waals surface area contributed by atoms with Gasteiger partial charge in [-0.2, -0.15) is 0 Å². The minimum absolute atomic E-state index is 0.720. The SMILES string of the molecule is CCCC(CCC1CSc2ccccc21)NCC. The predicted octanol–water partition coefficient (Wildman–Crippen LogP) is 4.43. The molecule has 0 spiro atoms. The summed E-state index contributed by atoms with van der Waals surface area (Å²) in [7, 11) is 0. The summed E-state index contributed by atoms with van der Waals surface area (Å²) in [6.07, 6.45) is 5.26. The average molecular weight is 263 g/mol. The Morgan fingerprint density at radius 1 is 1.28 bits per heavy atom. The van der Waals surface area contributed by atoms with Crippen LogP contribution in [0.15, 0.2) is 29.2 Å². The van der Waals surface area contributed by atoms with E-state index in [1.165, 1.54) is 36.3 Å². The van der Waals surface area contributed by atoms with Crippen molar-refractivity contribution in [3.05, 3.63) is 29.8 Å². The van der Waals surface area contributed by atoms with Crippen LogP contribution in [0.25, 0.3) is 0 Å². The lowest BCUT2D eigenvalue weighted by Gasteiger charge is -2.19. The Balaban J connectivity index is 1.87. The van der Waals surface area contributed by atoms with Crippen LogP contribution >= 0.6 is 11.8 Å². The monoisotopic (exact) mass is 263 g/mol. The van der Waals surface area contributed by atoms with Gasteiger partial charge in [-0.1, -0.05) is 38.5 Å². The largest absolute Gasteiger partial charge is 0.314 e. The molecule has 100 valence electrons. The van der Waals surface area contributed by atoms with E-state index in [2.05, 4.69) is 43.4 Å². The zero-order valence-electron chi connectivity index (χ0n) is 11.6. The van der Waals surface area contributed by atoms with E-state index in [-0.39, 0.29) is 0 Å². The number of benzene rings is 1. The van der Waals surface area contributed by atoms with Gasteiger partial charge in [-0.05, 0) is 43.4 Å². The zero-order valence-corrected chi connectivity index (χ0v) is 12.4. The highest BCUT2D eigenvalue weighted by Gasteiger charge is 2.23. The molecule has 1 aliphatic heterocycles. The minimum atomic E-state index is 0.720. The van der Waals surface area contributed by atoms with Crippen LogP contribution in [-0.2, 0) is 0 Å². The molecule has 18 heavy (non-hydrogen) atoms. The van der Waals surface area contributed by atoms with Crippen LogP contribution in [0.1, 0.15) is 51.0 Å². The van der Waals surface area contributed by atoms with E-state index >= 15 is 0 Å². The number of hydrogen-bond acceptors (Lipinski definition) is 2. The normalized spacial score (nSPS) is 19.8. The molecule has 0 saturated heterocycles. The third-order valence-corrected chi connectivity index (χ3v) is 5.04. The molecule has 1 N–H and O–H groups in total. The van der Waals surface area contributed by atoms with E-state index in [0.29, 0.717) is 0 Å². The van der Waals surface area contributed by atoms with E-state index in [1.54, 1.807) is 5.56 Å². The molecule has 0 amide bonds. The molecule has 0 fully saturated rings. The number of hydrogen-bond donors (Lipinski definition) is 1. The maximum Gasteiger partial charge on any atom is 0.0107 e. The summed E-state index contributed by atoms with van der Waals surface area (Å²) in [5.74, 6) is 2.06. The Hall–Kier alpha value is -0.470. The van der Waals surface area contributed by atoms with Crippen LogP contribution in [0.5, 0.6) is 0 Å². The average Bonchev–Trinajstić information content (AvgIpc) is 2.80. The first-order chi connectivity index (χ1) is 8.85. The lowest BCUT2D eigenvalue weighted by atomic mass is 9.93. The standard InChI is InChI=1S/C16H25NS/c1-3-7-14(17-4-2)11-10-13-12-18-16-9-6-5-8-15(13)16/h5-6,8-9,13-14,17H,3-4,7,10-12H2,1-2H3. The summed E-state index contributed by atoms with van der Waals surface area (Å²) in [5, 5.41) is 3.62. The number of rotatable bonds is 7. The molecule has 0 bridgehead atoms. The molecule has 1 aliphatic rings. The van der Waals surface area contributed by atoms with E-state index in [0.717, 1.165) is 18.5 Å². The molecule has 0 aromatic heterocycles. The maximum absolute atomic E-state index is 3.62. The lowest BCUT2D eigenvalue weighted by molar-refractivity contribution is 0.434. The van der Waals surface area contributed by atoms with Crippen LogP contribution < -0.4 is 5.32 Å². The van der Waals surface area contributed by atoms with Crippen LogP contribution in [0, 0.1) is 0 Å². The van der Waals surface area contributed by atoms with Crippen molar-refractivity contribution >= 4 is 11.8 Å². The van der Waals surface area contributed by atoms with Gasteiger partial charge in [0, 0.05) is 16.7 Å². The fourth-order valence-corrected chi connectivity index (χ4v) is 4.16. The van der Waals surface area contributed by atoms with E-state index < -0.39 is 0 Å². The molecule has 2 rings (SSSR count). The van der Waals surface area contributed by atoms with Crippen molar-refractivity contribution < 1.29 is 0 Å². The van der Waals surface area contributed by atoms with Gasteiger partial charge in [0.1, 0.15) is 0 Å². The Morgan fingerprint density at radius 3 is 2.89 bits per heavy atom. The second kappa shape index (κ2) is 7.20. The van der Waals surface area contributed by atoms with Crippen molar-refractivity contribution in [1.29, 1.82) is 0 Å². The van der Waals surface area contributed by atoms with Gasteiger partial charge in [-0.15, -0.1) is 11.8 Å². The van der Waals surface area contributed by atoms with Crippen LogP contribution in [-0.4, -0.2) is 18.3 Å². The Kier molecular flexibility index (Phi) is 5.58. The molecular formula is C16H25NS. The summed E-state index contributed by atoms with van der Waals surface area (Å²) < 4.78 is 0. The Bertz CT molecular complexity index is 358. The first kappa shape index (κ1) is 14.0. The van der Waals surface area contributed by atoms with Crippen LogP contribution in [0.4, 0.5) is 0 Å². The highest BCUT2D eigenvalue weighted by molar-refractivity contribution is 7.99. The minimum Gasteiger partial charge on any atom is -0.314 e. The zero-order chi connectivity index (χ0) is 12.8. The number of thioether (sulfide) groups is 1. The van der Waals surface area contributed by atoms with Gasteiger partial charge >= 0.3 is 0 Å².